The highest BCUT2D eigenvalue weighted by Crippen LogP contribution is 2.39. The SMILES string of the molecule is CCNC(=O)Nc1nc2cc(-c3cnc(N4CCC(C(=O)O)CC4)nc3CC)cc(N3CCOCC3)c2s1. The molecule has 2 fully saturated rings. The summed E-state index contributed by atoms with van der Waals surface area (Å²) in [6.07, 6.45) is 3.78. The summed E-state index contributed by atoms with van der Waals surface area (Å²) in [5.74, 6) is -0.383. The number of carbonyl (C=O) groups is 2. The highest BCUT2D eigenvalue weighted by atomic mass is 32.1. The molecule has 3 N–H and O–H groups in total. The standard InChI is InChI=1S/C26H33N7O4S/c1-3-19-18(15-28-24(29-19)33-7-5-16(6-8-33)23(34)35)17-13-20-22(21(14-17)32-9-11-37-12-10-32)38-26(30-20)31-25(36)27-4-2/h13-16H,3-12H2,1-2H3,(H,34,35)(H2,27,30,31,36). The molecule has 12 heteroatoms. The van der Waals surface area contributed by atoms with Gasteiger partial charge in [-0.3, -0.25) is 10.1 Å². The van der Waals surface area contributed by atoms with Crippen molar-refractivity contribution in [3.8, 4) is 11.1 Å². The molecule has 0 radical (unpaired) electrons. The Morgan fingerprint density at radius 2 is 1.87 bits per heavy atom. The summed E-state index contributed by atoms with van der Waals surface area (Å²) in [5, 5.41) is 15.5. The monoisotopic (exact) mass is 539 g/mol. The van der Waals surface area contributed by atoms with Crippen molar-refractivity contribution >= 4 is 50.3 Å². The fourth-order valence-electron chi connectivity index (χ4n) is 4.96. The van der Waals surface area contributed by atoms with Crippen molar-refractivity contribution in [2.24, 2.45) is 5.92 Å². The van der Waals surface area contributed by atoms with Gasteiger partial charge in [-0.2, -0.15) is 0 Å². The van der Waals surface area contributed by atoms with E-state index < -0.39 is 5.97 Å². The van der Waals surface area contributed by atoms with E-state index in [9.17, 15) is 14.7 Å². The molecule has 2 aliphatic rings. The number of aromatic nitrogens is 3. The lowest BCUT2D eigenvalue weighted by Crippen LogP contribution is -2.37. The summed E-state index contributed by atoms with van der Waals surface area (Å²) in [7, 11) is 0. The fraction of sp³-hybridized carbons (Fsp3) is 0.500. The minimum atomic E-state index is -0.729. The van der Waals surface area contributed by atoms with E-state index in [1.165, 1.54) is 11.3 Å². The number of nitrogens with zero attached hydrogens (tertiary/aromatic N) is 5. The molecular formula is C26H33N7O4S. The number of ether oxygens (including phenoxy) is 1. The number of nitrogens with one attached hydrogen (secondary N) is 2. The van der Waals surface area contributed by atoms with Gasteiger partial charge in [0.15, 0.2) is 5.13 Å². The van der Waals surface area contributed by atoms with Gasteiger partial charge in [-0.15, -0.1) is 0 Å². The zero-order chi connectivity index (χ0) is 26.6. The molecule has 2 saturated heterocycles. The summed E-state index contributed by atoms with van der Waals surface area (Å²) < 4.78 is 6.60. The van der Waals surface area contributed by atoms with Crippen molar-refractivity contribution < 1.29 is 19.4 Å². The maximum Gasteiger partial charge on any atom is 0.321 e. The number of carboxylic acids is 1. The van der Waals surface area contributed by atoms with Crippen LogP contribution in [0.3, 0.4) is 0 Å². The summed E-state index contributed by atoms with van der Waals surface area (Å²) in [6.45, 7) is 8.61. The summed E-state index contributed by atoms with van der Waals surface area (Å²) in [4.78, 5) is 42.2. The maximum absolute atomic E-state index is 12.1. The molecule has 1 aromatic carbocycles. The molecule has 0 bridgehead atoms. The van der Waals surface area contributed by atoms with E-state index in [1.807, 2.05) is 19.2 Å². The van der Waals surface area contributed by atoms with Crippen molar-refractivity contribution in [1.82, 2.24) is 20.3 Å². The third-order valence-corrected chi connectivity index (χ3v) is 8.02. The topological polar surface area (TPSA) is 133 Å². The summed E-state index contributed by atoms with van der Waals surface area (Å²) in [5.41, 5.74) is 4.71. The number of urea groups is 1. The molecule has 0 atom stereocenters. The number of carbonyl (C=O) groups excluding carboxylic acids is 1. The normalized spacial score (nSPS) is 16.6. The van der Waals surface area contributed by atoms with Crippen molar-refractivity contribution in [2.45, 2.75) is 33.1 Å². The van der Waals surface area contributed by atoms with Gasteiger partial charge >= 0.3 is 12.0 Å². The predicted molar refractivity (Wildman–Crippen MR) is 148 cm³/mol. The molecule has 5 rings (SSSR count). The largest absolute Gasteiger partial charge is 0.481 e. The number of aryl methyl sites for hydroxylation is 1. The van der Waals surface area contributed by atoms with E-state index in [4.69, 9.17) is 19.7 Å². The first-order valence-electron chi connectivity index (χ1n) is 13.1. The zero-order valence-corrected chi connectivity index (χ0v) is 22.5. The number of anilines is 3. The Hall–Kier alpha value is -3.51. The van der Waals surface area contributed by atoms with Gasteiger partial charge < -0.3 is 25.0 Å². The van der Waals surface area contributed by atoms with Crippen LogP contribution in [0.1, 0.15) is 32.4 Å². The lowest BCUT2D eigenvalue weighted by Gasteiger charge is -2.30. The molecular weight excluding hydrogens is 506 g/mol. The molecule has 202 valence electrons. The molecule has 0 saturated carbocycles. The van der Waals surface area contributed by atoms with Gasteiger partial charge in [-0.1, -0.05) is 18.3 Å². The van der Waals surface area contributed by atoms with Crippen LogP contribution in [-0.2, 0) is 16.0 Å². The van der Waals surface area contributed by atoms with Crippen LogP contribution in [0.2, 0.25) is 0 Å². The van der Waals surface area contributed by atoms with E-state index in [0.29, 0.717) is 56.8 Å². The second kappa shape index (κ2) is 11.5. The minimum absolute atomic E-state index is 0.274. The average molecular weight is 540 g/mol. The van der Waals surface area contributed by atoms with E-state index in [2.05, 4.69) is 33.4 Å². The Kier molecular flexibility index (Phi) is 7.89. The van der Waals surface area contributed by atoms with E-state index in [1.54, 1.807) is 0 Å². The Balaban J connectivity index is 1.50. The predicted octanol–water partition coefficient (Wildman–Crippen LogP) is 3.59. The first kappa shape index (κ1) is 26.1. The van der Waals surface area contributed by atoms with Crippen LogP contribution in [-0.4, -0.2) is 78.0 Å². The van der Waals surface area contributed by atoms with Gasteiger partial charge in [-0.05, 0) is 43.9 Å². The molecule has 2 aliphatic heterocycles. The van der Waals surface area contributed by atoms with Crippen molar-refractivity contribution in [3.63, 3.8) is 0 Å². The van der Waals surface area contributed by atoms with Gasteiger partial charge in [0.05, 0.1) is 40.7 Å². The zero-order valence-electron chi connectivity index (χ0n) is 21.7. The van der Waals surface area contributed by atoms with E-state index in [0.717, 1.165) is 52.2 Å². The number of thiazole rings is 1. The van der Waals surface area contributed by atoms with Crippen molar-refractivity contribution in [1.29, 1.82) is 0 Å². The van der Waals surface area contributed by atoms with Crippen molar-refractivity contribution in [3.05, 3.63) is 24.0 Å². The van der Waals surface area contributed by atoms with Crippen molar-refractivity contribution in [2.75, 3.05) is 61.1 Å². The second-order valence-electron chi connectivity index (χ2n) is 9.43. The van der Waals surface area contributed by atoms with Crippen LogP contribution < -0.4 is 20.4 Å². The molecule has 11 nitrogen and oxygen atoms in total. The summed E-state index contributed by atoms with van der Waals surface area (Å²) in [6, 6.07) is 3.93. The maximum atomic E-state index is 12.1. The number of carboxylic acid groups (broad SMARTS) is 1. The number of morpholine rings is 1. The number of hydrogen-bond donors (Lipinski definition) is 3. The van der Waals surface area contributed by atoms with E-state index >= 15 is 0 Å². The van der Waals surface area contributed by atoms with Crippen LogP contribution in [0.25, 0.3) is 21.3 Å². The molecule has 38 heavy (non-hydrogen) atoms. The number of amides is 2. The molecule has 0 spiro atoms. The Labute approximate surface area is 225 Å². The van der Waals surface area contributed by atoms with Gasteiger partial charge in [0.25, 0.3) is 0 Å². The molecule has 3 aromatic rings. The lowest BCUT2D eigenvalue weighted by molar-refractivity contribution is -0.142. The lowest BCUT2D eigenvalue weighted by atomic mass is 9.97. The number of fused-ring (bicyclic) bond motifs is 1. The molecule has 0 aliphatic carbocycles. The minimum Gasteiger partial charge on any atom is -0.481 e. The third-order valence-electron chi connectivity index (χ3n) is 7.01. The van der Waals surface area contributed by atoms with Gasteiger partial charge in [0.2, 0.25) is 5.95 Å². The Morgan fingerprint density at radius 1 is 1.11 bits per heavy atom. The smallest absolute Gasteiger partial charge is 0.321 e. The molecule has 2 aromatic heterocycles. The summed E-state index contributed by atoms with van der Waals surface area (Å²) >= 11 is 1.46. The number of hydrogen-bond acceptors (Lipinski definition) is 9. The van der Waals surface area contributed by atoms with Gasteiger partial charge in [0.1, 0.15) is 0 Å². The second-order valence-corrected chi connectivity index (χ2v) is 10.4. The van der Waals surface area contributed by atoms with E-state index in [-0.39, 0.29) is 11.9 Å². The van der Waals surface area contributed by atoms with Crippen LogP contribution in [0, 0.1) is 5.92 Å². The highest BCUT2D eigenvalue weighted by molar-refractivity contribution is 7.23. The third kappa shape index (κ3) is 5.51. The molecule has 0 unspecified atom stereocenters. The Bertz CT molecular complexity index is 1320. The first-order chi connectivity index (χ1) is 18.5. The van der Waals surface area contributed by atoms with Crippen LogP contribution in [0.5, 0.6) is 0 Å². The number of aliphatic carboxylic acids is 1. The molecule has 2 amide bonds. The Morgan fingerprint density at radius 3 is 2.55 bits per heavy atom. The number of rotatable bonds is 7. The fourth-order valence-corrected chi connectivity index (χ4v) is 5.94. The van der Waals surface area contributed by atoms with Gasteiger partial charge in [0, 0.05) is 44.5 Å². The van der Waals surface area contributed by atoms with Crippen LogP contribution in [0.15, 0.2) is 18.3 Å². The molecule has 4 heterocycles. The first-order valence-corrected chi connectivity index (χ1v) is 13.9. The van der Waals surface area contributed by atoms with Gasteiger partial charge in [-0.25, -0.2) is 19.7 Å². The number of benzene rings is 1. The quantitative estimate of drug-likeness (QED) is 0.412. The average Bonchev–Trinajstić information content (AvgIpc) is 3.35. The van der Waals surface area contributed by atoms with Crippen LogP contribution >= 0.6 is 11.3 Å². The van der Waals surface area contributed by atoms with Crippen LogP contribution in [0.4, 0.5) is 21.6 Å². The number of piperidine rings is 1. The highest BCUT2D eigenvalue weighted by Gasteiger charge is 2.26.